The summed E-state index contributed by atoms with van der Waals surface area (Å²) in [5, 5.41) is 0.194. The van der Waals surface area contributed by atoms with Crippen LogP contribution in [0.2, 0.25) is 0 Å². The summed E-state index contributed by atoms with van der Waals surface area (Å²) in [5.41, 5.74) is 0. The molecule has 0 amide bonds. The molecule has 10 nitrogen and oxygen atoms in total. The van der Waals surface area contributed by atoms with E-state index < -0.39 is 33.0 Å². The van der Waals surface area contributed by atoms with E-state index in [2.05, 4.69) is 8.62 Å². The van der Waals surface area contributed by atoms with E-state index in [1.807, 2.05) is 0 Å². The first-order chi connectivity index (χ1) is 7.67. The van der Waals surface area contributed by atoms with E-state index in [9.17, 15) is 37.8 Å². The monoisotopic (exact) mass is 552 g/mol. The third kappa shape index (κ3) is 51.8. The third-order valence-corrected chi connectivity index (χ3v) is 3.00. The summed E-state index contributed by atoms with van der Waals surface area (Å²) in [6.07, 6.45) is 0. The minimum absolute atomic E-state index is 0. The van der Waals surface area contributed by atoms with Gasteiger partial charge in [0.1, 0.15) is 33.0 Å². The van der Waals surface area contributed by atoms with Crippen LogP contribution in [0.25, 0.3) is 0 Å². The van der Waals surface area contributed by atoms with Gasteiger partial charge in [0.15, 0.2) is 0 Å². The van der Waals surface area contributed by atoms with Crippen LogP contribution in [0.3, 0.4) is 0 Å². The van der Waals surface area contributed by atoms with Crippen LogP contribution in [0.4, 0.5) is 0 Å². The Labute approximate surface area is 133 Å². The first-order valence-corrected chi connectivity index (χ1v) is 8.95. The molecule has 4 unspecified atom stereocenters. The summed E-state index contributed by atoms with van der Waals surface area (Å²) in [6.45, 7) is 0. The second-order valence-electron chi connectivity index (χ2n) is 1.31. The summed E-state index contributed by atoms with van der Waals surface area (Å²) in [6, 6.07) is 0. The molecule has 0 fully saturated rings. The first kappa shape index (κ1) is 28.3. The standard InChI is InChI=1S/CH2Cl2.Hf.2H4O5P2/c2-1-3;;2*1-6(2)5-7(3)4/h1H2;;2*6-7H,(H,1,2)(H,3,4)/q;+4;;/p-4. The molecule has 0 aromatic heterocycles. The Bertz CT molecular complexity index is 223. The van der Waals surface area contributed by atoms with Crippen LogP contribution in [0, 0.1) is 0 Å². The van der Waals surface area contributed by atoms with Gasteiger partial charge in [-0.15, -0.1) is 23.2 Å². The van der Waals surface area contributed by atoms with Crippen molar-refractivity contribution in [3.63, 3.8) is 0 Å². The molecule has 0 aliphatic heterocycles. The molecule has 0 spiro atoms. The summed E-state index contributed by atoms with van der Waals surface area (Å²) in [5.74, 6) is 0. The molecule has 0 aliphatic rings. The van der Waals surface area contributed by atoms with Crippen molar-refractivity contribution in [1.82, 2.24) is 0 Å². The smallest absolute Gasteiger partial charge is 0.781 e. The Kier molecular flexibility index (Phi) is 33.7. The molecule has 4 atom stereocenters. The van der Waals surface area contributed by atoms with Crippen molar-refractivity contribution in [3.8, 4) is 0 Å². The Hall–Kier alpha value is 2.13. The number of hydrogen-bond acceptors (Lipinski definition) is 10. The van der Waals surface area contributed by atoms with Gasteiger partial charge in [0.05, 0.1) is 5.34 Å². The third-order valence-electron chi connectivity index (χ3n) is 0.333. The van der Waals surface area contributed by atoms with E-state index in [0.717, 1.165) is 0 Å². The summed E-state index contributed by atoms with van der Waals surface area (Å²) >= 11 is 9.53. The zero-order valence-corrected chi connectivity index (χ0v) is 17.2. The van der Waals surface area contributed by atoms with E-state index in [4.69, 9.17) is 23.2 Å². The maximum absolute atomic E-state index is 9.29. The fourth-order valence-electron chi connectivity index (χ4n) is 0.136. The van der Waals surface area contributed by atoms with Crippen LogP contribution < -0.4 is 19.6 Å². The molecule has 0 rings (SSSR count). The second kappa shape index (κ2) is 21.4. The summed E-state index contributed by atoms with van der Waals surface area (Å²) in [4.78, 5) is 37.1. The quantitative estimate of drug-likeness (QED) is 0.225. The Balaban J connectivity index is -0.0000000857. The zero-order valence-electron chi connectivity index (χ0n) is 8.05. The fourth-order valence-corrected chi connectivity index (χ4v) is 1.22. The molecule has 0 N–H and O–H groups in total. The number of halogens is 2. The maximum Gasteiger partial charge on any atom is 4.00 e. The van der Waals surface area contributed by atoms with Gasteiger partial charge in [0.2, 0.25) is 0 Å². The van der Waals surface area contributed by atoms with Crippen LogP contribution in [0.5, 0.6) is 0 Å². The van der Waals surface area contributed by atoms with Crippen LogP contribution >= 0.6 is 56.2 Å². The van der Waals surface area contributed by atoms with E-state index >= 15 is 0 Å². The average molecular weight is 551 g/mol. The van der Waals surface area contributed by atoms with Crippen molar-refractivity contribution >= 4 is 56.2 Å². The van der Waals surface area contributed by atoms with Gasteiger partial charge in [-0.2, -0.15) is 0 Å². The minimum atomic E-state index is -3.51. The van der Waals surface area contributed by atoms with Crippen LogP contribution in [0.1, 0.15) is 0 Å². The van der Waals surface area contributed by atoms with Gasteiger partial charge in [-0.1, -0.05) is 0 Å². The number of alkyl halides is 2. The Morgan fingerprint density at radius 1 is 0.722 bits per heavy atom. The predicted molar refractivity (Wildman–Crippen MR) is 54.7 cm³/mol. The van der Waals surface area contributed by atoms with Gasteiger partial charge < -0.3 is 37.8 Å². The fraction of sp³-hybridized carbons (Fsp3) is 1.00. The molecule has 18 heavy (non-hydrogen) atoms. The first-order valence-electron chi connectivity index (χ1n) is 2.98. The van der Waals surface area contributed by atoms with Crippen molar-refractivity contribution in [3.05, 3.63) is 0 Å². The molecule has 0 bridgehead atoms. The SMILES string of the molecule is ClCCl.O=[PH]([O-])O[PH](=O)[O-].O=[PH]([O-])O[PH](=O)[O-].[Hf+4]. The molecule has 17 heteroatoms. The molecule has 0 saturated carbocycles. The number of hydrogen-bond donors (Lipinski definition) is 0. The predicted octanol–water partition coefficient (Wildman–Crippen LogP) is -1.58. The second-order valence-corrected chi connectivity index (χ2v) is 5.75. The van der Waals surface area contributed by atoms with Gasteiger partial charge in [0, 0.05) is 0 Å². The van der Waals surface area contributed by atoms with Gasteiger partial charge in [0.25, 0.3) is 0 Å². The van der Waals surface area contributed by atoms with Gasteiger partial charge in [-0.05, 0) is 0 Å². The van der Waals surface area contributed by atoms with E-state index in [-0.39, 0.29) is 31.2 Å². The van der Waals surface area contributed by atoms with E-state index in [1.165, 1.54) is 0 Å². The maximum atomic E-state index is 9.29. The topological polar surface area (TPSA) is 179 Å². The van der Waals surface area contributed by atoms with Crippen molar-refractivity contribution in [1.29, 1.82) is 0 Å². The van der Waals surface area contributed by atoms with E-state index in [1.54, 1.807) is 0 Å². The summed E-state index contributed by atoms with van der Waals surface area (Å²) < 4.78 is 43.6. The molecule has 0 aromatic carbocycles. The van der Waals surface area contributed by atoms with Gasteiger partial charge in [-0.25, -0.2) is 0 Å². The van der Waals surface area contributed by atoms with Crippen molar-refractivity contribution in [2.45, 2.75) is 0 Å². The van der Waals surface area contributed by atoms with Gasteiger partial charge in [-0.3, -0.25) is 8.62 Å². The van der Waals surface area contributed by atoms with Crippen LogP contribution in [0.15, 0.2) is 0 Å². The Morgan fingerprint density at radius 2 is 0.833 bits per heavy atom. The molecule has 0 heterocycles. The van der Waals surface area contributed by atoms with Gasteiger partial charge >= 0.3 is 25.8 Å². The summed E-state index contributed by atoms with van der Waals surface area (Å²) in [7, 11) is -14.1. The van der Waals surface area contributed by atoms with E-state index in [0.29, 0.717) is 0 Å². The minimum Gasteiger partial charge on any atom is -0.781 e. The molecular formula is CH6Cl2HfO10P4. The average Bonchev–Trinajstić information content (AvgIpc) is 1.99. The molecule has 0 aliphatic carbocycles. The number of rotatable bonds is 4. The molecule has 108 valence electrons. The van der Waals surface area contributed by atoms with Crippen molar-refractivity contribution in [2.24, 2.45) is 0 Å². The molecule has 0 saturated heterocycles. The van der Waals surface area contributed by atoms with Crippen molar-refractivity contribution < 1.29 is 72.3 Å². The van der Waals surface area contributed by atoms with Crippen molar-refractivity contribution in [2.75, 3.05) is 5.34 Å². The normalized spacial score (nSPS) is 15.4. The molecular weight excluding hydrogens is 545 g/mol. The molecule has 0 radical (unpaired) electrons. The Morgan fingerprint density at radius 3 is 0.833 bits per heavy atom. The van der Waals surface area contributed by atoms with Crippen LogP contribution in [-0.4, -0.2) is 5.34 Å². The van der Waals surface area contributed by atoms with Crippen LogP contribution in [-0.2, 0) is 52.7 Å². The zero-order chi connectivity index (χ0) is 14.4. The largest absolute Gasteiger partial charge is 4.00 e. The molecule has 0 aromatic rings.